The SMILES string of the molecule is C=C1OB(c2ccc(N3CCN(C(C)=O)CC3)c(C#N)c2)OC1(C)C. The highest BCUT2D eigenvalue weighted by Crippen LogP contribution is 2.30. The van der Waals surface area contributed by atoms with E-state index < -0.39 is 12.7 Å². The summed E-state index contributed by atoms with van der Waals surface area (Å²) in [6, 6.07) is 7.93. The van der Waals surface area contributed by atoms with E-state index in [0.717, 1.165) is 11.2 Å². The lowest BCUT2D eigenvalue weighted by atomic mass is 9.78. The Morgan fingerprint density at radius 2 is 2.00 bits per heavy atom. The van der Waals surface area contributed by atoms with Crippen LogP contribution < -0.4 is 10.4 Å². The lowest BCUT2D eigenvalue weighted by molar-refractivity contribution is -0.129. The molecular formula is C18H22BN3O3. The van der Waals surface area contributed by atoms with Gasteiger partial charge in [-0.05, 0) is 31.4 Å². The standard InChI is InChI=1S/C18H22BN3O3/c1-13-18(3,4)25-19(24-13)16-5-6-17(15(11-16)12-20)22-9-7-21(8-10-22)14(2)23/h5-6,11H,1,7-10H2,2-4H3. The van der Waals surface area contributed by atoms with Crippen LogP contribution in [0.25, 0.3) is 0 Å². The Morgan fingerprint density at radius 3 is 2.52 bits per heavy atom. The molecule has 3 rings (SSSR count). The Kier molecular flexibility index (Phi) is 4.48. The molecule has 0 spiro atoms. The highest BCUT2D eigenvalue weighted by Gasteiger charge is 2.43. The molecular weight excluding hydrogens is 317 g/mol. The second-order valence-electron chi connectivity index (χ2n) is 6.88. The molecule has 2 saturated heterocycles. The maximum absolute atomic E-state index is 11.5. The second kappa shape index (κ2) is 6.45. The zero-order chi connectivity index (χ0) is 18.2. The van der Waals surface area contributed by atoms with Crippen molar-refractivity contribution < 1.29 is 14.1 Å². The third-order valence-electron chi connectivity index (χ3n) is 4.80. The molecule has 2 heterocycles. The van der Waals surface area contributed by atoms with Crippen LogP contribution >= 0.6 is 0 Å². The summed E-state index contributed by atoms with van der Waals surface area (Å²) in [6.45, 7) is 12.1. The summed E-state index contributed by atoms with van der Waals surface area (Å²) in [7, 11) is -0.543. The van der Waals surface area contributed by atoms with Crippen LogP contribution in [0.1, 0.15) is 26.3 Å². The Hall–Kier alpha value is -2.46. The van der Waals surface area contributed by atoms with Crippen LogP contribution in [0.2, 0.25) is 0 Å². The van der Waals surface area contributed by atoms with Gasteiger partial charge >= 0.3 is 7.12 Å². The fourth-order valence-electron chi connectivity index (χ4n) is 3.09. The molecule has 0 aromatic heterocycles. The maximum Gasteiger partial charge on any atom is 0.563 e. The highest BCUT2D eigenvalue weighted by atomic mass is 16.7. The second-order valence-corrected chi connectivity index (χ2v) is 6.88. The van der Waals surface area contributed by atoms with Gasteiger partial charge in [-0.2, -0.15) is 5.26 Å². The first kappa shape index (κ1) is 17.4. The van der Waals surface area contributed by atoms with E-state index in [2.05, 4.69) is 17.5 Å². The average Bonchev–Trinajstić information content (AvgIpc) is 2.87. The van der Waals surface area contributed by atoms with Crippen molar-refractivity contribution in [2.45, 2.75) is 26.4 Å². The molecule has 6 nitrogen and oxygen atoms in total. The molecule has 7 heteroatoms. The van der Waals surface area contributed by atoms with Gasteiger partial charge in [0.25, 0.3) is 0 Å². The topological polar surface area (TPSA) is 65.8 Å². The molecule has 0 bridgehead atoms. The van der Waals surface area contributed by atoms with Crippen molar-refractivity contribution in [3.63, 3.8) is 0 Å². The number of hydrogen-bond acceptors (Lipinski definition) is 5. The van der Waals surface area contributed by atoms with E-state index in [-0.39, 0.29) is 5.91 Å². The summed E-state index contributed by atoms with van der Waals surface area (Å²) < 4.78 is 11.6. The third-order valence-corrected chi connectivity index (χ3v) is 4.80. The predicted octanol–water partition coefficient (Wildman–Crippen LogP) is 1.26. The van der Waals surface area contributed by atoms with Crippen molar-refractivity contribution in [3.8, 4) is 6.07 Å². The van der Waals surface area contributed by atoms with E-state index in [0.29, 0.717) is 37.5 Å². The van der Waals surface area contributed by atoms with Crippen molar-refractivity contribution >= 4 is 24.2 Å². The van der Waals surface area contributed by atoms with Crippen LogP contribution in [0.3, 0.4) is 0 Å². The molecule has 0 unspecified atom stereocenters. The van der Waals surface area contributed by atoms with E-state index in [1.165, 1.54) is 0 Å². The third kappa shape index (κ3) is 3.35. The molecule has 0 radical (unpaired) electrons. The number of rotatable bonds is 2. The highest BCUT2D eigenvalue weighted by molar-refractivity contribution is 6.62. The zero-order valence-electron chi connectivity index (χ0n) is 14.9. The minimum Gasteiger partial charge on any atom is -0.534 e. The molecule has 1 amide bonds. The van der Waals surface area contributed by atoms with E-state index in [4.69, 9.17) is 9.31 Å². The van der Waals surface area contributed by atoms with Crippen molar-refractivity contribution in [2.75, 3.05) is 31.1 Å². The van der Waals surface area contributed by atoms with E-state index >= 15 is 0 Å². The van der Waals surface area contributed by atoms with Crippen LogP contribution in [0.5, 0.6) is 0 Å². The quantitative estimate of drug-likeness (QED) is 0.759. The molecule has 1 aromatic carbocycles. The molecule has 1 aromatic rings. The summed E-state index contributed by atoms with van der Waals surface area (Å²) in [5.41, 5.74) is 1.72. The van der Waals surface area contributed by atoms with Gasteiger partial charge in [0.05, 0.1) is 17.0 Å². The van der Waals surface area contributed by atoms with E-state index in [1.807, 2.05) is 36.9 Å². The largest absolute Gasteiger partial charge is 0.563 e. The van der Waals surface area contributed by atoms with Gasteiger partial charge in [-0.15, -0.1) is 0 Å². The van der Waals surface area contributed by atoms with Gasteiger partial charge in [-0.1, -0.05) is 12.6 Å². The lowest BCUT2D eigenvalue weighted by Gasteiger charge is -2.36. The maximum atomic E-state index is 11.5. The van der Waals surface area contributed by atoms with Gasteiger partial charge in [0.2, 0.25) is 5.91 Å². The monoisotopic (exact) mass is 339 g/mol. The number of nitriles is 1. The number of piperazine rings is 1. The molecule has 25 heavy (non-hydrogen) atoms. The molecule has 2 aliphatic heterocycles. The first-order valence-electron chi connectivity index (χ1n) is 8.40. The number of anilines is 1. The molecule has 2 fully saturated rings. The fourth-order valence-corrected chi connectivity index (χ4v) is 3.09. The number of hydrogen-bond donors (Lipinski definition) is 0. The van der Waals surface area contributed by atoms with Gasteiger partial charge < -0.3 is 19.1 Å². The summed E-state index contributed by atoms with van der Waals surface area (Å²) in [4.78, 5) is 15.4. The Balaban J connectivity index is 1.79. The van der Waals surface area contributed by atoms with E-state index in [9.17, 15) is 10.1 Å². The molecule has 0 aliphatic carbocycles. The van der Waals surface area contributed by atoms with Crippen LogP contribution in [-0.2, 0) is 14.1 Å². The molecule has 0 atom stereocenters. The van der Waals surface area contributed by atoms with Crippen LogP contribution in [0.4, 0.5) is 5.69 Å². The Labute approximate surface area is 148 Å². The van der Waals surface area contributed by atoms with Crippen LogP contribution in [0.15, 0.2) is 30.5 Å². The predicted molar refractivity (Wildman–Crippen MR) is 96.4 cm³/mol. The van der Waals surface area contributed by atoms with Crippen molar-refractivity contribution in [1.82, 2.24) is 4.90 Å². The fraction of sp³-hybridized carbons (Fsp3) is 0.444. The van der Waals surface area contributed by atoms with Gasteiger partial charge in [-0.3, -0.25) is 4.79 Å². The number of benzene rings is 1. The minimum atomic E-state index is -0.543. The normalized spacial score (nSPS) is 19.6. The van der Waals surface area contributed by atoms with Crippen LogP contribution in [0, 0.1) is 11.3 Å². The zero-order valence-corrected chi connectivity index (χ0v) is 14.9. The van der Waals surface area contributed by atoms with Crippen molar-refractivity contribution in [2.24, 2.45) is 0 Å². The summed E-state index contributed by atoms with van der Waals surface area (Å²) >= 11 is 0. The van der Waals surface area contributed by atoms with Gasteiger partial charge in [-0.25, -0.2) is 0 Å². The summed E-state index contributed by atoms with van der Waals surface area (Å²) in [6.07, 6.45) is 0. The molecule has 130 valence electrons. The van der Waals surface area contributed by atoms with E-state index in [1.54, 1.807) is 6.92 Å². The van der Waals surface area contributed by atoms with Gasteiger partial charge in [0.15, 0.2) is 0 Å². The number of carbonyl (C=O) groups is 1. The Bertz CT molecular complexity index is 748. The van der Waals surface area contributed by atoms with Crippen LogP contribution in [-0.4, -0.2) is 49.7 Å². The minimum absolute atomic E-state index is 0.0916. The number of carbonyl (C=O) groups excluding carboxylic acids is 1. The number of nitrogens with zero attached hydrogens (tertiary/aromatic N) is 3. The lowest BCUT2D eigenvalue weighted by Crippen LogP contribution is -2.48. The number of amides is 1. The first-order chi connectivity index (χ1) is 11.8. The smallest absolute Gasteiger partial charge is 0.534 e. The summed E-state index contributed by atoms with van der Waals surface area (Å²) in [5.74, 6) is 0.675. The average molecular weight is 339 g/mol. The molecule has 0 N–H and O–H groups in total. The molecule has 2 aliphatic rings. The molecule has 0 saturated carbocycles. The van der Waals surface area contributed by atoms with Crippen molar-refractivity contribution in [3.05, 3.63) is 36.1 Å². The Morgan fingerprint density at radius 1 is 1.32 bits per heavy atom. The van der Waals surface area contributed by atoms with Gasteiger partial charge in [0, 0.05) is 33.1 Å². The van der Waals surface area contributed by atoms with Crippen molar-refractivity contribution in [1.29, 1.82) is 5.26 Å². The first-order valence-corrected chi connectivity index (χ1v) is 8.40. The van der Waals surface area contributed by atoms with Gasteiger partial charge in [0.1, 0.15) is 11.7 Å². The summed E-state index contributed by atoms with van der Waals surface area (Å²) in [5, 5.41) is 9.57.